The van der Waals surface area contributed by atoms with Crippen LogP contribution < -0.4 is 5.32 Å². The number of hydrogen-bond acceptors (Lipinski definition) is 5. The number of rotatable bonds is 6. The first-order valence-corrected chi connectivity index (χ1v) is 11.8. The number of amides is 1. The van der Waals surface area contributed by atoms with Crippen LogP contribution in [0.25, 0.3) is 21.5 Å². The number of nitrogens with one attached hydrogen (secondary N) is 1. The molecule has 0 atom stereocenters. The molecule has 0 saturated carbocycles. The summed E-state index contributed by atoms with van der Waals surface area (Å²) in [5.74, 6) is 0.838. The van der Waals surface area contributed by atoms with E-state index in [-0.39, 0.29) is 17.7 Å². The van der Waals surface area contributed by atoms with Gasteiger partial charge in [-0.1, -0.05) is 53.2 Å². The Hall–Kier alpha value is -2.06. The molecule has 2 heterocycles. The fourth-order valence-corrected chi connectivity index (χ4v) is 5.46. The molecular formula is C21H18Cl2N4OS2. The maximum absolute atomic E-state index is 12.4. The average Bonchev–Trinajstić information content (AvgIpc) is 3.29. The predicted molar refractivity (Wildman–Crippen MR) is 127 cm³/mol. The smallest absolute Gasteiger partial charge is 0.234 e. The fraction of sp³-hybridized carbons (Fsp3) is 0.190. The Morgan fingerprint density at radius 2 is 1.90 bits per heavy atom. The van der Waals surface area contributed by atoms with Gasteiger partial charge >= 0.3 is 0 Å². The Morgan fingerprint density at radius 3 is 2.63 bits per heavy atom. The standard InChI is InChI=1S/C21H18Cl2N4OS2/c1-12(2)27-20(17-10-29-18-6-4-3-5-16(17)18)25-26-21(27)30-11-19(28)24-15-8-13(22)7-14(23)9-15/h3-10,12H,11H2,1-2H3,(H,24,28). The second-order valence-electron chi connectivity index (χ2n) is 6.91. The van der Waals surface area contributed by atoms with E-state index < -0.39 is 0 Å². The minimum absolute atomic E-state index is 0.144. The Labute approximate surface area is 192 Å². The normalized spacial score (nSPS) is 11.4. The molecule has 0 aliphatic heterocycles. The summed E-state index contributed by atoms with van der Waals surface area (Å²) in [5.41, 5.74) is 1.62. The first-order valence-electron chi connectivity index (χ1n) is 9.22. The van der Waals surface area contributed by atoms with Gasteiger partial charge in [0.05, 0.1) is 5.75 Å². The van der Waals surface area contributed by atoms with Crippen molar-refractivity contribution in [2.45, 2.75) is 25.0 Å². The molecule has 0 spiro atoms. The van der Waals surface area contributed by atoms with Crippen LogP contribution >= 0.6 is 46.3 Å². The van der Waals surface area contributed by atoms with E-state index >= 15 is 0 Å². The van der Waals surface area contributed by atoms with Gasteiger partial charge in [0, 0.05) is 42.8 Å². The number of aromatic nitrogens is 3. The van der Waals surface area contributed by atoms with Crippen molar-refractivity contribution in [3.05, 3.63) is 57.9 Å². The van der Waals surface area contributed by atoms with Crippen LogP contribution in [-0.2, 0) is 4.79 Å². The Kier molecular flexibility index (Phi) is 6.34. The Balaban J connectivity index is 1.54. The van der Waals surface area contributed by atoms with Crippen LogP contribution in [0.1, 0.15) is 19.9 Å². The number of carbonyl (C=O) groups excluding carboxylic acids is 1. The highest BCUT2D eigenvalue weighted by Gasteiger charge is 2.20. The minimum Gasteiger partial charge on any atom is -0.325 e. The number of thiophene rings is 1. The number of nitrogens with zero attached hydrogens (tertiary/aromatic N) is 3. The lowest BCUT2D eigenvalue weighted by atomic mass is 10.1. The SMILES string of the molecule is CC(C)n1c(SCC(=O)Nc2cc(Cl)cc(Cl)c2)nnc1-c1csc2ccccc12. The maximum Gasteiger partial charge on any atom is 0.234 e. The molecule has 1 N–H and O–H groups in total. The van der Waals surface area contributed by atoms with Crippen LogP contribution in [0.4, 0.5) is 5.69 Å². The number of fused-ring (bicyclic) bond motifs is 1. The van der Waals surface area contributed by atoms with Gasteiger partial charge in [0.1, 0.15) is 0 Å². The van der Waals surface area contributed by atoms with Crippen LogP contribution in [0.15, 0.2) is 53.0 Å². The van der Waals surface area contributed by atoms with E-state index in [0.717, 1.165) is 16.8 Å². The molecule has 4 rings (SSSR count). The summed E-state index contributed by atoms with van der Waals surface area (Å²) < 4.78 is 3.28. The zero-order valence-corrected chi connectivity index (χ0v) is 19.4. The van der Waals surface area contributed by atoms with Gasteiger partial charge in [0.15, 0.2) is 11.0 Å². The quantitative estimate of drug-likeness (QED) is 0.311. The van der Waals surface area contributed by atoms with Crippen molar-refractivity contribution in [3.63, 3.8) is 0 Å². The molecular weight excluding hydrogens is 459 g/mol. The highest BCUT2D eigenvalue weighted by atomic mass is 35.5. The molecule has 0 radical (unpaired) electrons. The Bertz CT molecular complexity index is 1200. The Morgan fingerprint density at radius 1 is 1.17 bits per heavy atom. The van der Waals surface area contributed by atoms with Crippen molar-refractivity contribution in [3.8, 4) is 11.4 Å². The molecule has 0 saturated heterocycles. The van der Waals surface area contributed by atoms with Crippen molar-refractivity contribution in [1.82, 2.24) is 14.8 Å². The van der Waals surface area contributed by atoms with Gasteiger partial charge in [0.25, 0.3) is 0 Å². The van der Waals surface area contributed by atoms with Crippen LogP contribution in [0.3, 0.4) is 0 Å². The van der Waals surface area contributed by atoms with Crippen molar-refractivity contribution < 1.29 is 4.79 Å². The third-order valence-electron chi connectivity index (χ3n) is 4.38. The van der Waals surface area contributed by atoms with Gasteiger partial charge in [0.2, 0.25) is 5.91 Å². The largest absolute Gasteiger partial charge is 0.325 e. The van der Waals surface area contributed by atoms with E-state index in [1.165, 1.54) is 16.5 Å². The molecule has 0 bridgehead atoms. The number of benzene rings is 2. The third-order valence-corrected chi connectivity index (χ3v) is 6.72. The summed E-state index contributed by atoms with van der Waals surface area (Å²) in [4.78, 5) is 12.4. The summed E-state index contributed by atoms with van der Waals surface area (Å²) in [6.07, 6.45) is 0. The number of hydrogen-bond donors (Lipinski definition) is 1. The lowest BCUT2D eigenvalue weighted by molar-refractivity contribution is -0.113. The van der Waals surface area contributed by atoms with E-state index in [1.807, 2.05) is 12.1 Å². The van der Waals surface area contributed by atoms with Crippen LogP contribution in [-0.4, -0.2) is 26.4 Å². The molecule has 2 aromatic carbocycles. The molecule has 2 aromatic heterocycles. The zero-order chi connectivity index (χ0) is 21.3. The predicted octanol–water partition coefficient (Wildman–Crippen LogP) is 6.78. The molecule has 9 heteroatoms. The van der Waals surface area contributed by atoms with Crippen molar-refractivity contribution in [2.24, 2.45) is 0 Å². The fourth-order valence-electron chi connectivity index (χ4n) is 3.13. The zero-order valence-electron chi connectivity index (χ0n) is 16.2. The van der Waals surface area contributed by atoms with Crippen molar-refractivity contribution >= 4 is 68.0 Å². The van der Waals surface area contributed by atoms with Gasteiger partial charge in [-0.25, -0.2) is 0 Å². The number of thioether (sulfide) groups is 1. The van der Waals surface area contributed by atoms with E-state index in [0.29, 0.717) is 20.9 Å². The average molecular weight is 477 g/mol. The van der Waals surface area contributed by atoms with Gasteiger partial charge in [-0.15, -0.1) is 21.5 Å². The number of carbonyl (C=O) groups is 1. The van der Waals surface area contributed by atoms with Gasteiger partial charge in [-0.05, 0) is 38.1 Å². The van der Waals surface area contributed by atoms with Gasteiger partial charge < -0.3 is 5.32 Å². The molecule has 0 aliphatic carbocycles. The first-order chi connectivity index (χ1) is 14.4. The molecule has 154 valence electrons. The van der Waals surface area contributed by atoms with Gasteiger partial charge in [-0.3, -0.25) is 9.36 Å². The summed E-state index contributed by atoms with van der Waals surface area (Å²) >= 11 is 15.0. The lowest BCUT2D eigenvalue weighted by Crippen LogP contribution is -2.15. The van der Waals surface area contributed by atoms with Crippen molar-refractivity contribution in [2.75, 3.05) is 11.1 Å². The van der Waals surface area contributed by atoms with E-state index in [1.54, 1.807) is 29.5 Å². The number of halogens is 2. The molecule has 1 amide bonds. The highest BCUT2D eigenvalue weighted by molar-refractivity contribution is 7.99. The summed E-state index contributed by atoms with van der Waals surface area (Å²) in [6.45, 7) is 4.17. The second kappa shape index (κ2) is 8.98. The first kappa shape index (κ1) is 21.2. The summed E-state index contributed by atoms with van der Waals surface area (Å²) in [7, 11) is 0. The highest BCUT2D eigenvalue weighted by Crippen LogP contribution is 2.35. The van der Waals surface area contributed by atoms with E-state index in [9.17, 15) is 4.79 Å². The van der Waals surface area contributed by atoms with Crippen LogP contribution in [0.2, 0.25) is 10.0 Å². The van der Waals surface area contributed by atoms with Crippen molar-refractivity contribution in [1.29, 1.82) is 0 Å². The topological polar surface area (TPSA) is 59.8 Å². The van der Waals surface area contributed by atoms with Crippen LogP contribution in [0.5, 0.6) is 0 Å². The summed E-state index contributed by atoms with van der Waals surface area (Å²) in [5, 5.41) is 16.5. The van der Waals surface area contributed by atoms with Crippen LogP contribution in [0, 0.1) is 0 Å². The molecule has 0 unspecified atom stereocenters. The molecule has 0 aliphatic rings. The minimum atomic E-state index is -0.167. The van der Waals surface area contributed by atoms with Gasteiger partial charge in [-0.2, -0.15) is 0 Å². The lowest BCUT2D eigenvalue weighted by Gasteiger charge is -2.13. The maximum atomic E-state index is 12.4. The number of anilines is 1. The molecule has 4 aromatic rings. The monoisotopic (exact) mass is 476 g/mol. The molecule has 30 heavy (non-hydrogen) atoms. The van der Waals surface area contributed by atoms with E-state index in [2.05, 4.69) is 51.4 Å². The molecule has 5 nitrogen and oxygen atoms in total. The van der Waals surface area contributed by atoms with E-state index in [4.69, 9.17) is 23.2 Å². The second-order valence-corrected chi connectivity index (χ2v) is 9.64. The summed E-state index contributed by atoms with van der Waals surface area (Å²) in [6, 6.07) is 13.3. The third kappa shape index (κ3) is 4.49. The molecule has 0 fully saturated rings.